The first-order chi connectivity index (χ1) is 8.81. The van der Waals surface area contributed by atoms with Gasteiger partial charge in [0.2, 0.25) is 0 Å². The van der Waals surface area contributed by atoms with Crippen molar-refractivity contribution in [1.29, 1.82) is 0 Å². The molecule has 0 aliphatic heterocycles. The van der Waals surface area contributed by atoms with Crippen LogP contribution in [0.1, 0.15) is 13.0 Å². The van der Waals surface area contributed by atoms with Crippen molar-refractivity contribution in [2.75, 3.05) is 12.3 Å². The van der Waals surface area contributed by atoms with Crippen LogP contribution in [0, 0.1) is 6.92 Å². The molecule has 0 heterocycles. The molecular weight excluding hydrogens is 249 g/mol. The topological polar surface area (TPSA) is 26.0 Å². The molecule has 0 fully saturated rings. The van der Waals surface area contributed by atoms with Crippen molar-refractivity contribution < 1.29 is 0 Å². The maximum Gasteiger partial charge on any atom is 0.274 e. The van der Waals surface area contributed by atoms with Gasteiger partial charge in [0, 0.05) is 6.54 Å². The van der Waals surface area contributed by atoms with Gasteiger partial charge in [0.25, 0.3) is 5.99 Å². The lowest BCUT2D eigenvalue weighted by atomic mass is 9.62. The monoisotopic (exact) mass is 271 g/mol. The lowest BCUT2D eigenvalue weighted by Crippen LogP contribution is -2.40. The summed E-state index contributed by atoms with van der Waals surface area (Å²) in [5.41, 5.74) is 9.64. The number of aryl methyl sites for hydroxylation is 1. The van der Waals surface area contributed by atoms with Crippen LogP contribution in [0.5, 0.6) is 0 Å². The average molecular weight is 271 g/mol. The number of rotatable bonds is 5. The van der Waals surface area contributed by atoms with Gasteiger partial charge in [0.15, 0.2) is 0 Å². The van der Waals surface area contributed by atoms with Crippen LogP contribution in [0.25, 0.3) is 0 Å². The third-order valence-electron chi connectivity index (χ3n) is 2.88. The zero-order valence-corrected chi connectivity index (χ0v) is 11.5. The summed E-state index contributed by atoms with van der Waals surface area (Å²) in [6.07, 6.45) is 0. The summed E-state index contributed by atoms with van der Waals surface area (Å²) in [5.74, 6) is 1.36. The molecule has 0 saturated carbocycles. The maximum atomic E-state index is 5.64. The fourth-order valence-corrected chi connectivity index (χ4v) is 3.01. The normalized spacial score (nSPS) is 9.79. The minimum atomic E-state index is 0. The van der Waals surface area contributed by atoms with Crippen LogP contribution in [0.15, 0.2) is 54.6 Å². The van der Waals surface area contributed by atoms with Crippen molar-refractivity contribution in [1.82, 2.24) is 0 Å². The first-order valence-corrected chi connectivity index (χ1v) is 7.29. The molecule has 0 amide bonds. The second-order valence-electron chi connectivity index (χ2n) is 4.36. The SMILES string of the molecule is C.Cc1ccc(B(SCCN)c2ccccc2)cc1. The predicted molar refractivity (Wildman–Crippen MR) is 90.9 cm³/mol. The Hall–Kier alpha value is -1.19. The van der Waals surface area contributed by atoms with Gasteiger partial charge < -0.3 is 5.73 Å². The second kappa shape index (κ2) is 8.08. The van der Waals surface area contributed by atoms with E-state index < -0.39 is 0 Å². The first kappa shape index (κ1) is 15.9. The van der Waals surface area contributed by atoms with Crippen LogP contribution >= 0.6 is 11.6 Å². The molecule has 0 bridgehead atoms. The van der Waals surface area contributed by atoms with Crippen LogP contribution in [-0.2, 0) is 0 Å². The van der Waals surface area contributed by atoms with Gasteiger partial charge in [-0.05, 0) is 12.7 Å². The molecule has 19 heavy (non-hydrogen) atoms. The Kier molecular flexibility index (Phi) is 6.75. The van der Waals surface area contributed by atoms with E-state index in [0.717, 1.165) is 12.3 Å². The molecule has 0 unspecified atom stereocenters. The van der Waals surface area contributed by atoms with Gasteiger partial charge in [0.05, 0.1) is 0 Å². The summed E-state index contributed by atoms with van der Waals surface area (Å²) in [5, 5.41) is 0. The minimum absolute atomic E-state index is 0. The molecule has 0 aromatic heterocycles. The Morgan fingerprint density at radius 2 is 1.53 bits per heavy atom. The smallest absolute Gasteiger partial charge is 0.274 e. The molecule has 2 N–H and O–H groups in total. The van der Waals surface area contributed by atoms with Crippen LogP contribution in [0.4, 0.5) is 0 Å². The summed E-state index contributed by atoms with van der Waals surface area (Å²) in [7, 11) is 0. The fraction of sp³-hybridized carbons (Fsp3) is 0.250. The largest absolute Gasteiger partial charge is 0.330 e. The highest BCUT2D eigenvalue weighted by atomic mass is 32.2. The molecule has 2 aromatic carbocycles. The molecule has 100 valence electrons. The van der Waals surface area contributed by atoms with Gasteiger partial charge in [-0.2, -0.15) is 11.6 Å². The van der Waals surface area contributed by atoms with Crippen molar-refractivity contribution in [3.8, 4) is 0 Å². The Labute approximate surface area is 121 Å². The summed E-state index contributed by atoms with van der Waals surface area (Å²) >= 11 is 1.91. The second-order valence-corrected chi connectivity index (χ2v) is 5.57. The van der Waals surface area contributed by atoms with E-state index in [4.69, 9.17) is 5.73 Å². The molecule has 2 rings (SSSR count). The molecule has 0 saturated heterocycles. The van der Waals surface area contributed by atoms with Crippen molar-refractivity contribution in [2.24, 2.45) is 5.73 Å². The Bertz CT molecular complexity index is 470. The van der Waals surface area contributed by atoms with Crippen molar-refractivity contribution in [3.05, 3.63) is 60.2 Å². The standard InChI is InChI=1S/C15H18BNS.CH4/c1-13-7-9-15(10-8-13)16(18-12-11-17)14-5-3-2-4-6-14;/h2-10H,11-12,17H2,1H3;1H4. The lowest BCUT2D eigenvalue weighted by molar-refractivity contribution is 1.15. The minimum Gasteiger partial charge on any atom is -0.330 e. The molecule has 1 nitrogen and oxygen atoms in total. The van der Waals surface area contributed by atoms with Crippen LogP contribution in [0.3, 0.4) is 0 Å². The molecule has 0 aliphatic rings. The lowest BCUT2D eigenvalue weighted by Gasteiger charge is -2.14. The van der Waals surface area contributed by atoms with E-state index in [-0.39, 0.29) is 7.43 Å². The van der Waals surface area contributed by atoms with E-state index >= 15 is 0 Å². The molecule has 0 aliphatic carbocycles. The Morgan fingerprint density at radius 3 is 2.11 bits per heavy atom. The fourth-order valence-electron chi connectivity index (χ4n) is 1.94. The van der Waals surface area contributed by atoms with Crippen molar-refractivity contribution in [3.63, 3.8) is 0 Å². The predicted octanol–water partition coefficient (Wildman–Crippen LogP) is 2.43. The molecule has 0 spiro atoms. The van der Waals surface area contributed by atoms with Crippen LogP contribution in [0.2, 0.25) is 0 Å². The average Bonchev–Trinajstić information content (AvgIpc) is 2.42. The highest BCUT2D eigenvalue weighted by Gasteiger charge is 2.18. The summed E-state index contributed by atoms with van der Waals surface area (Å²) in [6.45, 7) is 2.84. The van der Waals surface area contributed by atoms with Crippen molar-refractivity contribution in [2.45, 2.75) is 14.4 Å². The number of hydrogen-bond acceptors (Lipinski definition) is 2. The van der Waals surface area contributed by atoms with Crippen molar-refractivity contribution >= 4 is 28.5 Å². The first-order valence-electron chi connectivity index (χ1n) is 6.24. The molecule has 2 aromatic rings. The van der Waals surface area contributed by atoms with Gasteiger partial charge in [0.1, 0.15) is 0 Å². The Morgan fingerprint density at radius 1 is 0.947 bits per heavy atom. The molecule has 0 atom stereocenters. The summed E-state index contributed by atoms with van der Waals surface area (Å²) in [4.78, 5) is 0. The third-order valence-corrected chi connectivity index (χ3v) is 4.23. The quantitative estimate of drug-likeness (QED) is 0.845. The van der Waals surface area contributed by atoms with E-state index in [1.165, 1.54) is 16.5 Å². The van der Waals surface area contributed by atoms with Gasteiger partial charge in [-0.25, -0.2) is 0 Å². The van der Waals surface area contributed by atoms with E-state index in [0.29, 0.717) is 5.99 Å². The van der Waals surface area contributed by atoms with E-state index in [2.05, 4.69) is 61.5 Å². The zero-order chi connectivity index (χ0) is 12.8. The number of hydrogen-bond donors (Lipinski definition) is 1. The molecule has 0 radical (unpaired) electrons. The van der Waals surface area contributed by atoms with Gasteiger partial charge >= 0.3 is 0 Å². The van der Waals surface area contributed by atoms with Crippen LogP contribution < -0.4 is 16.7 Å². The van der Waals surface area contributed by atoms with E-state index in [9.17, 15) is 0 Å². The number of nitrogens with two attached hydrogens (primary N) is 1. The van der Waals surface area contributed by atoms with Gasteiger partial charge in [-0.15, -0.1) is 0 Å². The van der Waals surface area contributed by atoms with Gasteiger partial charge in [-0.1, -0.05) is 78.5 Å². The third kappa shape index (κ3) is 4.44. The maximum absolute atomic E-state index is 5.64. The summed E-state index contributed by atoms with van der Waals surface area (Å²) in [6, 6.07) is 19.4. The Balaban J connectivity index is 0.00000180. The highest BCUT2D eigenvalue weighted by Crippen LogP contribution is 2.08. The molecular formula is C16H22BNS. The van der Waals surface area contributed by atoms with E-state index in [1.807, 2.05) is 11.6 Å². The highest BCUT2D eigenvalue weighted by molar-refractivity contribution is 8.28. The van der Waals surface area contributed by atoms with Crippen LogP contribution in [-0.4, -0.2) is 18.3 Å². The van der Waals surface area contributed by atoms with E-state index in [1.54, 1.807) is 0 Å². The zero-order valence-electron chi connectivity index (χ0n) is 10.7. The molecule has 3 heteroatoms. The number of benzene rings is 2. The summed E-state index contributed by atoms with van der Waals surface area (Å²) < 4.78 is 0. The van der Waals surface area contributed by atoms with Gasteiger partial charge in [-0.3, -0.25) is 0 Å².